The first-order chi connectivity index (χ1) is 13.2. The topological polar surface area (TPSA) is 72.9 Å². The van der Waals surface area contributed by atoms with E-state index in [1.807, 2.05) is 35.2 Å². The van der Waals surface area contributed by atoms with Crippen LogP contribution in [-0.4, -0.2) is 59.6 Å². The fraction of sp³-hybridized carbons (Fsp3) is 0.619. The van der Waals surface area contributed by atoms with Crippen molar-refractivity contribution in [3.8, 4) is 0 Å². The molecule has 1 saturated carbocycles. The predicted octanol–water partition coefficient (Wildman–Crippen LogP) is 2.23. The summed E-state index contributed by atoms with van der Waals surface area (Å²) in [6, 6.07) is 9.82. The molecule has 1 aromatic rings. The van der Waals surface area contributed by atoms with Crippen LogP contribution in [-0.2, 0) is 11.3 Å². The molecule has 3 amide bonds. The molecule has 6 heteroatoms. The maximum absolute atomic E-state index is 12.6. The summed E-state index contributed by atoms with van der Waals surface area (Å²) in [4.78, 5) is 28.5. The number of amides is 3. The molecule has 148 valence electrons. The van der Waals surface area contributed by atoms with Gasteiger partial charge in [0.25, 0.3) is 0 Å². The molecule has 2 N–H and O–H groups in total. The smallest absolute Gasteiger partial charge is 0.317 e. The van der Waals surface area contributed by atoms with E-state index < -0.39 is 0 Å². The number of likely N-dealkylation sites (tertiary alicyclic amines) is 1. The molecule has 1 aliphatic carbocycles. The van der Waals surface area contributed by atoms with Gasteiger partial charge in [-0.2, -0.15) is 0 Å². The minimum absolute atomic E-state index is 0.0754. The normalized spacial score (nSPS) is 17.6. The first-order valence-electron chi connectivity index (χ1n) is 10.1. The van der Waals surface area contributed by atoms with Gasteiger partial charge in [0.1, 0.15) is 0 Å². The number of carbonyl (C=O) groups excluding carboxylic acids is 2. The van der Waals surface area contributed by atoms with Gasteiger partial charge in [-0.1, -0.05) is 30.3 Å². The maximum Gasteiger partial charge on any atom is 0.317 e. The summed E-state index contributed by atoms with van der Waals surface area (Å²) in [5, 5.41) is 12.2. The molecule has 2 aliphatic rings. The van der Waals surface area contributed by atoms with Crippen molar-refractivity contribution in [1.82, 2.24) is 15.1 Å². The summed E-state index contributed by atoms with van der Waals surface area (Å²) in [6.07, 6.45) is 4.59. The van der Waals surface area contributed by atoms with Crippen LogP contribution in [0.2, 0.25) is 0 Å². The molecule has 0 unspecified atom stereocenters. The second kappa shape index (κ2) is 9.74. The quantitative estimate of drug-likeness (QED) is 0.734. The molecule has 0 aromatic heterocycles. The van der Waals surface area contributed by atoms with E-state index in [2.05, 4.69) is 5.32 Å². The second-order valence-corrected chi connectivity index (χ2v) is 7.71. The van der Waals surface area contributed by atoms with E-state index >= 15 is 0 Å². The van der Waals surface area contributed by atoms with Crippen LogP contribution in [0.1, 0.15) is 37.7 Å². The number of benzene rings is 1. The monoisotopic (exact) mass is 373 g/mol. The Balaban J connectivity index is 1.43. The molecule has 1 aromatic carbocycles. The lowest BCUT2D eigenvalue weighted by atomic mass is 9.96. The van der Waals surface area contributed by atoms with E-state index in [1.165, 1.54) is 0 Å². The molecule has 1 aliphatic heterocycles. The summed E-state index contributed by atoms with van der Waals surface area (Å²) >= 11 is 0. The van der Waals surface area contributed by atoms with Crippen molar-refractivity contribution >= 4 is 11.9 Å². The Kier molecular flexibility index (Phi) is 7.10. The van der Waals surface area contributed by atoms with Crippen LogP contribution in [0.5, 0.6) is 0 Å². The Hall–Kier alpha value is -2.08. The lowest BCUT2D eigenvalue weighted by molar-refractivity contribution is -0.133. The Morgan fingerprint density at radius 3 is 2.44 bits per heavy atom. The molecule has 0 radical (unpaired) electrons. The third-order valence-corrected chi connectivity index (χ3v) is 5.48. The number of nitrogens with zero attached hydrogens (tertiary/aromatic N) is 2. The van der Waals surface area contributed by atoms with Crippen molar-refractivity contribution in [2.75, 3.05) is 32.8 Å². The number of hydrogen-bond donors (Lipinski definition) is 2. The van der Waals surface area contributed by atoms with Crippen LogP contribution in [0, 0.1) is 11.8 Å². The summed E-state index contributed by atoms with van der Waals surface area (Å²) in [6.45, 7) is 3.43. The number of hydrogen-bond acceptors (Lipinski definition) is 3. The molecule has 27 heavy (non-hydrogen) atoms. The van der Waals surface area contributed by atoms with Crippen molar-refractivity contribution in [2.24, 2.45) is 11.8 Å². The molecular formula is C21H31N3O3. The lowest BCUT2D eigenvalue weighted by Gasteiger charge is -2.33. The van der Waals surface area contributed by atoms with Crippen molar-refractivity contribution in [3.05, 3.63) is 35.9 Å². The van der Waals surface area contributed by atoms with Crippen molar-refractivity contribution < 1.29 is 14.7 Å². The highest BCUT2D eigenvalue weighted by molar-refractivity contribution is 5.81. The molecule has 0 spiro atoms. The van der Waals surface area contributed by atoms with Gasteiger partial charge in [-0.25, -0.2) is 4.79 Å². The van der Waals surface area contributed by atoms with Gasteiger partial charge >= 0.3 is 6.03 Å². The van der Waals surface area contributed by atoms with Crippen LogP contribution >= 0.6 is 0 Å². The zero-order chi connectivity index (χ0) is 19.1. The molecule has 0 atom stereocenters. The van der Waals surface area contributed by atoms with Crippen molar-refractivity contribution in [2.45, 2.75) is 38.6 Å². The van der Waals surface area contributed by atoms with E-state index in [9.17, 15) is 9.59 Å². The summed E-state index contributed by atoms with van der Waals surface area (Å²) < 4.78 is 0. The lowest BCUT2D eigenvalue weighted by Crippen LogP contribution is -2.45. The summed E-state index contributed by atoms with van der Waals surface area (Å²) in [5.41, 5.74) is 1.08. The van der Waals surface area contributed by atoms with Crippen molar-refractivity contribution in [1.29, 1.82) is 0 Å². The predicted molar refractivity (Wildman–Crippen MR) is 104 cm³/mol. The van der Waals surface area contributed by atoms with E-state index in [1.54, 1.807) is 4.90 Å². The average molecular weight is 373 g/mol. The third-order valence-electron chi connectivity index (χ3n) is 5.48. The van der Waals surface area contributed by atoms with E-state index in [0.717, 1.165) is 44.3 Å². The highest BCUT2D eigenvalue weighted by atomic mass is 16.3. The molecule has 6 nitrogen and oxygen atoms in total. The molecule has 1 heterocycles. The number of rotatable bonds is 8. The van der Waals surface area contributed by atoms with Gasteiger partial charge in [0.15, 0.2) is 0 Å². The number of aliphatic hydroxyl groups excluding tert-OH is 1. The first-order valence-corrected chi connectivity index (χ1v) is 10.1. The zero-order valence-electron chi connectivity index (χ0n) is 16.0. The molecule has 0 bridgehead atoms. The number of piperidine rings is 1. The van der Waals surface area contributed by atoms with E-state index in [0.29, 0.717) is 43.8 Å². The molecule has 1 saturated heterocycles. The summed E-state index contributed by atoms with van der Waals surface area (Å²) in [5.74, 6) is 1.04. The Morgan fingerprint density at radius 2 is 1.81 bits per heavy atom. The zero-order valence-corrected chi connectivity index (χ0v) is 16.0. The summed E-state index contributed by atoms with van der Waals surface area (Å²) in [7, 11) is 0. The average Bonchev–Trinajstić information content (AvgIpc) is 3.55. The SMILES string of the molecule is O=C(NCC1CCN(C(=O)C2CC2)CC1)N(CCCO)Cc1ccccc1. The van der Waals surface area contributed by atoms with Gasteiger partial charge in [0.05, 0.1) is 0 Å². The number of urea groups is 1. The van der Waals surface area contributed by atoms with Gasteiger partial charge in [0.2, 0.25) is 5.91 Å². The van der Waals surface area contributed by atoms with Crippen LogP contribution in [0.25, 0.3) is 0 Å². The Morgan fingerprint density at radius 1 is 1.11 bits per heavy atom. The fourth-order valence-corrected chi connectivity index (χ4v) is 3.61. The van der Waals surface area contributed by atoms with Gasteiger partial charge in [0, 0.05) is 45.2 Å². The van der Waals surface area contributed by atoms with Gasteiger partial charge in [-0.05, 0) is 43.6 Å². The maximum atomic E-state index is 12.6. The number of aliphatic hydroxyl groups is 1. The third kappa shape index (κ3) is 5.96. The van der Waals surface area contributed by atoms with Crippen LogP contribution in [0.4, 0.5) is 4.79 Å². The van der Waals surface area contributed by atoms with Crippen LogP contribution < -0.4 is 5.32 Å². The fourth-order valence-electron chi connectivity index (χ4n) is 3.61. The Bertz CT molecular complexity index is 610. The van der Waals surface area contributed by atoms with Gasteiger partial charge in [-0.15, -0.1) is 0 Å². The highest BCUT2D eigenvalue weighted by Crippen LogP contribution is 2.32. The molecule has 3 rings (SSSR count). The highest BCUT2D eigenvalue weighted by Gasteiger charge is 2.34. The van der Waals surface area contributed by atoms with E-state index in [4.69, 9.17) is 5.11 Å². The second-order valence-electron chi connectivity index (χ2n) is 7.71. The number of nitrogens with one attached hydrogen (secondary N) is 1. The standard InChI is InChI=1S/C21H31N3O3/c25-14-4-11-24(16-18-5-2-1-3-6-18)21(27)22-15-17-9-12-23(13-10-17)20(26)19-7-8-19/h1-3,5-6,17,19,25H,4,7-16H2,(H,22,27). The minimum Gasteiger partial charge on any atom is -0.396 e. The molecular weight excluding hydrogens is 342 g/mol. The van der Waals surface area contributed by atoms with Crippen LogP contribution in [0.3, 0.4) is 0 Å². The molecule has 2 fully saturated rings. The first kappa shape index (κ1) is 19.7. The Labute approximate surface area is 161 Å². The minimum atomic E-state index is -0.0798. The van der Waals surface area contributed by atoms with Gasteiger partial charge in [-0.3, -0.25) is 4.79 Å². The largest absolute Gasteiger partial charge is 0.396 e. The number of carbonyl (C=O) groups is 2. The van der Waals surface area contributed by atoms with Gasteiger partial charge < -0.3 is 20.2 Å². The van der Waals surface area contributed by atoms with Crippen molar-refractivity contribution in [3.63, 3.8) is 0 Å². The van der Waals surface area contributed by atoms with Crippen LogP contribution in [0.15, 0.2) is 30.3 Å². The van der Waals surface area contributed by atoms with E-state index in [-0.39, 0.29) is 12.6 Å².